The third-order valence-corrected chi connectivity index (χ3v) is 4.80. The van der Waals surface area contributed by atoms with E-state index < -0.39 is 29.6 Å². The van der Waals surface area contributed by atoms with Gasteiger partial charge >= 0.3 is 6.09 Å². The molecular weight excluding hydrogens is 398 g/mol. The summed E-state index contributed by atoms with van der Waals surface area (Å²) in [7, 11) is 1.60. The summed E-state index contributed by atoms with van der Waals surface area (Å²) in [5.74, 6) is -1.16. The van der Waals surface area contributed by atoms with E-state index in [2.05, 4.69) is 5.32 Å². The van der Waals surface area contributed by atoms with Crippen molar-refractivity contribution in [3.63, 3.8) is 0 Å². The molecule has 4 amide bonds. The Morgan fingerprint density at radius 2 is 1.58 bits per heavy atom. The first kappa shape index (κ1) is 24.4. The number of fused-ring (bicyclic) bond motifs is 1. The van der Waals surface area contributed by atoms with Gasteiger partial charge in [0.05, 0.1) is 11.1 Å². The number of alkyl carbamates (subject to hydrolysis) is 1. The summed E-state index contributed by atoms with van der Waals surface area (Å²) in [6.07, 6.45) is -0.220. The van der Waals surface area contributed by atoms with Crippen LogP contribution in [0, 0.1) is 5.92 Å². The number of rotatable bonds is 7. The number of nitrogens with one attached hydrogen (secondary N) is 1. The van der Waals surface area contributed by atoms with E-state index in [0.29, 0.717) is 17.5 Å². The van der Waals surface area contributed by atoms with E-state index in [-0.39, 0.29) is 24.4 Å². The molecule has 0 aliphatic carbocycles. The molecule has 31 heavy (non-hydrogen) atoms. The number of carbonyl (C=O) groups is 4. The lowest BCUT2D eigenvalue weighted by Crippen LogP contribution is -2.53. The zero-order valence-corrected chi connectivity index (χ0v) is 19.4. The quantitative estimate of drug-likeness (QED) is 0.670. The molecule has 0 bridgehead atoms. The van der Waals surface area contributed by atoms with Gasteiger partial charge in [0.1, 0.15) is 11.6 Å². The Morgan fingerprint density at radius 1 is 1.06 bits per heavy atom. The molecule has 8 nitrogen and oxygen atoms in total. The molecule has 0 aromatic heterocycles. The van der Waals surface area contributed by atoms with Crippen LogP contribution >= 0.6 is 0 Å². The summed E-state index contributed by atoms with van der Waals surface area (Å²) in [5.41, 5.74) is 0.00709. The standard InChI is InChI=1S/C23H33N3O5/c1-14(2)12-18(26-19(27)16-10-8-9-11-17(16)20(26)28)21(29)25(7)13-15(3)24-22(30)31-23(4,5)6/h8-11,14-15,18H,12-13H2,1-7H3,(H,24,30)/t15-,18?/m0/s1. The first-order chi connectivity index (χ1) is 14.3. The van der Waals surface area contributed by atoms with Crippen LogP contribution < -0.4 is 5.32 Å². The van der Waals surface area contributed by atoms with Crippen molar-refractivity contribution in [3.8, 4) is 0 Å². The zero-order valence-electron chi connectivity index (χ0n) is 19.4. The number of amides is 4. The second-order valence-corrected chi connectivity index (χ2v) is 9.44. The molecule has 1 heterocycles. The summed E-state index contributed by atoms with van der Waals surface area (Å²) < 4.78 is 5.24. The summed E-state index contributed by atoms with van der Waals surface area (Å²) in [4.78, 5) is 53.6. The van der Waals surface area contributed by atoms with E-state index in [4.69, 9.17) is 4.74 Å². The van der Waals surface area contributed by atoms with Crippen LogP contribution in [0.25, 0.3) is 0 Å². The lowest BCUT2D eigenvalue weighted by atomic mass is 10.0. The first-order valence-electron chi connectivity index (χ1n) is 10.5. The molecular formula is C23H33N3O5. The van der Waals surface area contributed by atoms with Crippen molar-refractivity contribution in [2.24, 2.45) is 5.92 Å². The van der Waals surface area contributed by atoms with Crippen molar-refractivity contribution in [2.75, 3.05) is 13.6 Å². The van der Waals surface area contributed by atoms with Gasteiger partial charge in [0.2, 0.25) is 5.91 Å². The molecule has 2 rings (SSSR count). The van der Waals surface area contributed by atoms with Gasteiger partial charge in [-0.1, -0.05) is 26.0 Å². The highest BCUT2D eigenvalue weighted by molar-refractivity contribution is 6.22. The third-order valence-electron chi connectivity index (χ3n) is 4.80. The van der Waals surface area contributed by atoms with Crippen LogP contribution in [0.4, 0.5) is 4.79 Å². The molecule has 0 saturated heterocycles. The van der Waals surface area contributed by atoms with Crippen molar-refractivity contribution in [2.45, 2.75) is 65.6 Å². The van der Waals surface area contributed by atoms with Gasteiger partial charge in [0.15, 0.2) is 0 Å². The number of nitrogens with zero attached hydrogens (tertiary/aromatic N) is 2. The van der Waals surface area contributed by atoms with Gasteiger partial charge in [-0.2, -0.15) is 0 Å². The van der Waals surface area contributed by atoms with Gasteiger partial charge in [-0.3, -0.25) is 19.3 Å². The lowest BCUT2D eigenvalue weighted by molar-refractivity contribution is -0.135. The molecule has 0 spiro atoms. The van der Waals surface area contributed by atoms with E-state index in [1.165, 1.54) is 4.90 Å². The van der Waals surface area contributed by atoms with Gasteiger partial charge < -0.3 is 15.0 Å². The number of carbonyl (C=O) groups excluding carboxylic acids is 4. The average Bonchev–Trinajstić information content (AvgIpc) is 2.88. The molecule has 0 saturated carbocycles. The van der Waals surface area contributed by atoms with E-state index in [1.807, 2.05) is 13.8 Å². The van der Waals surface area contributed by atoms with Gasteiger partial charge in [0, 0.05) is 19.6 Å². The van der Waals surface area contributed by atoms with Gasteiger partial charge in [-0.25, -0.2) is 4.79 Å². The van der Waals surface area contributed by atoms with Crippen LogP contribution in [0.1, 0.15) is 68.7 Å². The van der Waals surface area contributed by atoms with Gasteiger partial charge in [-0.15, -0.1) is 0 Å². The molecule has 0 radical (unpaired) electrons. The normalized spacial score (nSPS) is 15.5. The average molecular weight is 432 g/mol. The van der Waals surface area contributed by atoms with E-state index >= 15 is 0 Å². The maximum atomic E-state index is 13.3. The second-order valence-electron chi connectivity index (χ2n) is 9.44. The highest BCUT2D eigenvalue weighted by Gasteiger charge is 2.43. The molecule has 170 valence electrons. The fourth-order valence-corrected chi connectivity index (χ4v) is 3.56. The maximum absolute atomic E-state index is 13.3. The van der Waals surface area contributed by atoms with E-state index in [1.54, 1.807) is 59.0 Å². The van der Waals surface area contributed by atoms with Crippen LogP contribution in [0.15, 0.2) is 24.3 Å². The van der Waals surface area contributed by atoms with Crippen molar-refractivity contribution in [1.29, 1.82) is 0 Å². The van der Waals surface area contributed by atoms with Crippen molar-refractivity contribution < 1.29 is 23.9 Å². The molecule has 1 aliphatic rings. The lowest BCUT2D eigenvalue weighted by Gasteiger charge is -2.32. The number of hydrogen-bond acceptors (Lipinski definition) is 5. The summed E-state index contributed by atoms with van der Waals surface area (Å²) in [6, 6.07) is 5.30. The highest BCUT2D eigenvalue weighted by atomic mass is 16.6. The van der Waals surface area contributed by atoms with Crippen LogP contribution in [-0.4, -0.2) is 64.9 Å². The SMILES string of the molecule is CC(C)CC(C(=O)N(C)C[C@H](C)NC(=O)OC(C)(C)C)N1C(=O)c2ccccc2C1=O. The number of imide groups is 1. The fraction of sp³-hybridized carbons (Fsp3) is 0.565. The van der Waals surface area contributed by atoms with E-state index in [9.17, 15) is 19.2 Å². The Labute approximate surface area is 183 Å². The van der Waals surface area contributed by atoms with Crippen molar-refractivity contribution >= 4 is 23.8 Å². The molecule has 0 fully saturated rings. The Hall–Kier alpha value is -2.90. The predicted octanol–water partition coefficient (Wildman–Crippen LogP) is 3.07. The Morgan fingerprint density at radius 3 is 2.03 bits per heavy atom. The smallest absolute Gasteiger partial charge is 0.407 e. The number of ether oxygens (including phenoxy) is 1. The van der Waals surface area contributed by atoms with Crippen LogP contribution in [-0.2, 0) is 9.53 Å². The highest BCUT2D eigenvalue weighted by Crippen LogP contribution is 2.27. The Kier molecular flexibility index (Phi) is 7.46. The minimum Gasteiger partial charge on any atom is -0.444 e. The molecule has 1 N–H and O–H groups in total. The van der Waals surface area contributed by atoms with Crippen LogP contribution in [0.2, 0.25) is 0 Å². The summed E-state index contributed by atoms with van der Waals surface area (Å²) >= 11 is 0. The first-order valence-corrected chi connectivity index (χ1v) is 10.5. The number of benzene rings is 1. The second kappa shape index (κ2) is 9.49. The fourth-order valence-electron chi connectivity index (χ4n) is 3.56. The predicted molar refractivity (Wildman–Crippen MR) is 117 cm³/mol. The van der Waals surface area contributed by atoms with Gasteiger partial charge in [-0.05, 0) is 52.2 Å². The molecule has 1 aromatic carbocycles. The molecule has 1 aliphatic heterocycles. The molecule has 2 atom stereocenters. The third kappa shape index (κ3) is 6.06. The number of likely N-dealkylation sites (N-methyl/N-ethyl adjacent to an activating group) is 1. The Balaban J connectivity index is 2.14. The largest absolute Gasteiger partial charge is 0.444 e. The zero-order chi connectivity index (χ0) is 23.5. The molecule has 1 aromatic rings. The number of hydrogen-bond donors (Lipinski definition) is 1. The van der Waals surface area contributed by atoms with E-state index in [0.717, 1.165) is 4.90 Å². The Bertz CT molecular complexity index is 824. The van der Waals surface area contributed by atoms with Crippen LogP contribution in [0.5, 0.6) is 0 Å². The monoisotopic (exact) mass is 431 g/mol. The summed E-state index contributed by atoms with van der Waals surface area (Å²) in [5, 5.41) is 2.70. The molecule has 8 heteroatoms. The molecule has 1 unspecified atom stereocenters. The summed E-state index contributed by atoms with van der Waals surface area (Å²) in [6.45, 7) is 11.1. The minimum absolute atomic E-state index is 0.0870. The minimum atomic E-state index is -0.911. The van der Waals surface area contributed by atoms with Crippen molar-refractivity contribution in [3.05, 3.63) is 35.4 Å². The van der Waals surface area contributed by atoms with Crippen molar-refractivity contribution in [1.82, 2.24) is 15.1 Å². The van der Waals surface area contributed by atoms with Gasteiger partial charge in [0.25, 0.3) is 11.8 Å². The maximum Gasteiger partial charge on any atom is 0.407 e. The topological polar surface area (TPSA) is 96.0 Å². The van der Waals surface area contributed by atoms with Crippen LogP contribution in [0.3, 0.4) is 0 Å².